The maximum atomic E-state index is 11.2. The number of halogens is 1. The lowest BCUT2D eigenvalue weighted by molar-refractivity contribution is -0.210. The first-order valence-corrected chi connectivity index (χ1v) is 8.13. The monoisotopic (exact) mass is 385 g/mol. The Morgan fingerprint density at radius 3 is 2.77 bits per heavy atom. The van der Waals surface area contributed by atoms with Gasteiger partial charge in [-0.15, -0.1) is 0 Å². The minimum Gasteiger partial charge on any atom is -0.479 e. The Bertz CT molecular complexity index is 888. The predicted octanol–water partition coefficient (Wildman–Crippen LogP) is -0.0751. The maximum absolute atomic E-state index is 11.2. The maximum Gasteiger partial charge on any atom is 0.335 e. The van der Waals surface area contributed by atoms with E-state index >= 15 is 0 Å². The Labute approximate surface area is 151 Å². The Balaban J connectivity index is 1.78. The highest BCUT2D eigenvalue weighted by Crippen LogP contribution is 2.44. The molecule has 0 unspecified atom stereocenters. The minimum atomic E-state index is -1.79. The number of imidazole rings is 1. The number of anilines is 1. The van der Waals surface area contributed by atoms with Gasteiger partial charge in [0.15, 0.2) is 29.6 Å². The zero-order valence-corrected chi connectivity index (χ0v) is 14.5. The van der Waals surface area contributed by atoms with Crippen LogP contribution in [0.15, 0.2) is 6.33 Å². The highest BCUT2D eigenvalue weighted by atomic mass is 35.5. The zero-order valence-electron chi connectivity index (χ0n) is 13.7. The molecule has 4 N–H and O–H groups in total. The number of carboxylic acid groups (broad SMARTS) is 1. The van der Waals surface area contributed by atoms with Gasteiger partial charge in [0.25, 0.3) is 0 Å². The lowest BCUT2D eigenvalue weighted by Crippen LogP contribution is -2.42. The number of aliphatic hydroxyl groups excluding tert-OH is 1. The normalized spacial score (nSPS) is 31.2. The van der Waals surface area contributed by atoms with Gasteiger partial charge in [-0.2, -0.15) is 9.97 Å². The molecular formula is C14H16ClN5O6. The quantitative estimate of drug-likeness (QED) is 0.611. The smallest absolute Gasteiger partial charge is 0.335 e. The van der Waals surface area contributed by atoms with Gasteiger partial charge < -0.3 is 30.2 Å². The van der Waals surface area contributed by atoms with Crippen LogP contribution < -0.4 is 5.73 Å². The van der Waals surface area contributed by atoms with Crippen LogP contribution in [-0.2, 0) is 19.0 Å². The van der Waals surface area contributed by atoms with E-state index in [2.05, 4.69) is 15.0 Å². The molecule has 12 heteroatoms. The molecule has 11 nitrogen and oxygen atoms in total. The van der Waals surface area contributed by atoms with Crippen LogP contribution in [0.2, 0.25) is 5.28 Å². The Hall–Kier alpha value is -2.05. The number of hydrogen-bond donors (Lipinski definition) is 3. The molecule has 2 aliphatic rings. The molecule has 4 heterocycles. The number of carboxylic acids is 1. The number of carbonyl (C=O) groups is 1. The van der Waals surface area contributed by atoms with Gasteiger partial charge >= 0.3 is 5.97 Å². The van der Waals surface area contributed by atoms with E-state index in [0.29, 0.717) is 11.2 Å². The van der Waals surface area contributed by atoms with E-state index in [1.165, 1.54) is 10.9 Å². The molecule has 26 heavy (non-hydrogen) atoms. The first-order chi connectivity index (χ1) is 12.2. The Morgan fingerprint density at radius 1 is 1.38 bits per heavy atom. The van der Waals surface area contributed by atoms with Gasteiger partial charge in [-0.1, -0.05) is 0 Å². The van der Waals surface area contributed by atoms with E-state index in [1.807, 2.05) is 0 Å². The third kappa shape index (κ3) is 2.59. The van der Waals surface area contributed by atoms with Crippen molar-refractivity contribution in [1.82, 2.24) is 19.5 Å². The molecule has 2 aliphatic heterocycles. The van der Waals surface area contributed by atoms with Crippen LogP contribution in [-0.4, -0.2) is 65.9 Å². The summed E-state index contributed by atoms with van der Waals surface area (Å²) in [6.45, 7) is 3.38. The number of nitrogen functional groups attached to an aromatic ring is 1. The largest absolute Gasteiger partial charge is 0.479 e. The van der Waals surface area contributed by atoms with Crippen molar-refractivity contribution in [3.05, 3.63) is 11.6 Å². The van der Waals surface area contributed by atoms with Crippen LogP contribution in [0, 0.1) is 0 Å². The van der Waals surface area contributed by atoms with E-state index in [1.54, 1.807) is 13.8 Å². The number of nitrogens with two attached hydrogens (primary N) is 1. The molecule has 2 fully saturated rings. The predicted molar refractivity (Wildman–Crippen MR) is 86.1 cm³/mol. The van der Waals surface area contributed by atoms with Gasteiger partial charge in [-0.25, -0.2) is 9.78 Å². The number of ether oxygens (including phenoxy) is 3. The Morgan fingerprint density at radius 2 is 2.08 bits per heavy atom. The van der Waals surface area contributed by atoms with E-state index < -0.39 is 42.4 Å². The second-order valence-corrected chi connectivity index (χ2v) is 6.88. The molecule has 0 aromatic carbocycles. The molecule has 2 aromatic heterocycles. The average Bonchev–Trinajstić information content (AvgIpc) is 3.17. The lowest BCUT2D eigenvalue weighted by atomic mass is 10.1. The fraction of sp³-hybridized carbons (Fsp3) is 0.571. The summed E-state index contributed by atoms with van der Waals surface area (Å²) in [4.78, 5) is 23.3. The summed E-state index contributed by atoms with van der Waals surface area (Å²) < 4.78 is 18.9. The fourth-order valence-electron chi connectivity index (χ4n) is 3.32. The van der Waals surface area contributed by atoms with Gasteiger partial charge in [0, 0.05) is 0 Å². The summed E-state index contributed by atoms with van der Waals surface area (Å²) in [7, 11) is 0. The molecule has 2 aromatic rings. The van der Waals surface area contributed by atoms with Crippen molar-refractivity contribution in [3.8, 4) is 0 Å². The number of aromatic nitrogens is 4. The van der Waals surface area contributed by atoms with Crippen molar-refractivity contribution in [3.63, 3.8) is 0 Å². The van der Waals surface area contributed by atoms with Crippen molar-refractivity contribution >= 4 is 34.6 Å². The van der Waals surface area contributed by atoms with Gasteiger partial charge in [-0.3, -0.25) is 4.57 Å². The number of fused-ring (bicyclic) bond motifs is 2. The average molecular weight is 386 g/mol. The molecule has 4 rings (SSSR count). The summed E-state index contributed by atoms with van der Waals surface area (Å²) in [5.41, 5.74) is 6.42. The minimum absolute atomic E-state index is 0.0719. The first-order valence-electron chi connectivity index (χ1n) is 7.75. The summed E-state index contributed by atoms with van der Waals surface area (Å²) in [5, 5.41) is 19.1. The van der Waals surface area contributed by atoms with Gasteiger partial charge in [0.1, 0.15) is 23.8 Å². The number of rotatable bonds is 3. The second kappa shape index (κ2) is 5.72. The highest BCUT2D eigenvalue weighted by Gasteiger charge is 2.59. The molecule has 0 amide bonds. The molecule has 0 aliphatic carbocycles. The number of aliphatic hydroxyl groups is 1. The topological polar surface area (TPSA) is 155 Å². The SMILES string of the molecule is CC1(C)O[C@H]2[C@@H](O1)[C@H](n1cnc3c(N)nc(Cl)nc31)O[C@@H]2[C@@H](O)C(=O)O. The highest BCUT2D eigenvalue weighted by molar-refractivity contribution is 6.28. The third-order valence-electron chi connectivity index (χ3n) is 4.32. The number of nitrogens with zero attached hydrogens (tertiary/aromatic N) is 4. The van der Waals surface area contributed by atoms with Crippen molar-refractivity contribution in [2.24, 2.45) is 0 Å². The van der Waals surface area contributed by atoms with Crippen LogP contribution in [0.5, 0.6) is 0 Å². The van der Waals surface area contributed by atoms with E-state index in [4.69, 9.17) is 36.7 Å². The summed E-state index contributed by atoms with van der Waals surface area (Å²) in [6, 6.07) is 0. The van der Waals surface area contributed by atoms with Crippen LogP contribution >= 0.6 is 11.6 Å². The van der Waals surface area contributed by atoms with Crippen LogP contribution in [0.4, 0.5) is 5.82 Å². The second-order valence-electron chi connectivity index (χ2n) is 6.54. The standard InChI is InChI=1S/C14H16ClN5O6/c1-14(2)25-7-6(5(21)12(22)23)24-11(8(7)26-14)20-3-17-4-9(16)18-13(15)19-10(4)20/h3,5-8,11,21H,1-2H3,(H,22,23)(H2,16,18,19)/t5-,6-,7-,8-,11-/m1/s1. The molecular weight excluding hydrogens is 370 g/mol. The van der Waals surface area contributed by atoms with E-state index in [9.17, 15) is 9.90 Å². The van der Waals surface area contributed by atoms with E-state index in [0.717, 1.165) is 0 Å². The molecule has 2 saturated heterocycles. The number of hydrogen-bond acceptors (Lipinski definition) is 9. The van der Waals surface area contributed by atoms with Crippen LogP contribution in [0.1, 0.15) is 20.1 Å². The summed E-state index contributed by atoms with van der Waals surface area (Å²) in [6.07, 6.45) is -3.86. The summed E-state index contributed by atoms with van der Waals surface area (Å²) in [5.74, 6) is -2.30. The number of aliphatic carboxylic acids is 1. The molecule has 0 radical (unpaired) electrons. The third-order valence-corrected chi connectivity index (χ3v) is 4.49. The van der Waals surface area contributed by atoms with Gasteiger partial charge in [0.05, 0.1) is 6.33 Å². The van der Waals surface area contributed by atoms with Crippen molar-refractivity contribution < 1.29 is 29.2 Å². The first kappa shape index (κ1) is 17.4. The Kier molecular flexibility index (Phi) is 3.82. The van der Waals surface area contributed by atoms with Crippen molar-refractivity contribution in [1.29, 1.82) is 0 Å². The van der Waals surface area contributed by atoms with Crippen molar-refractivity contribution in [2.75, 3.05) is 5.73 Å². The molecule has 5 atom stereocenters. The van der Waals surface area contributed by atoms with Crippen LogP contribution in [0.3, 0.4) is 0 Å². The molecule has 0 spiro atoms. The van der Waals surface area contributed by atoms with Crippen LogP contribution in [0.25, 0.3) is 11.2 Å². The fourth-order valence-corrected chi connectivity index (χ4v) is 3.49. The summed E-state index contributed by atoms with van der Waals surface area (Å²) >= 11 is 5.88. The van der Waals surface area contributed by atoms with E-state index in [-0.39, 0.29) is 11.1 Å². The van der Waals surface area contributed by atoms with Gasteiger partial charge in [-0.05, 0) is 25.4 Å². The lowest BCUT2D eigenvalue weighted by Gasteiger charge is -2.25. The zero-order chi connectivity index (χ0) is 18.8. The molecule has 0 bridgehead atoms. The molecule has 140 valence electrons. The molecule has 0 saturated carbocycles. The van der Waals surface area contributed by atoms with Crippen molar-refractivity contribution in [2.45, 2.75) is 50.3 Å². The van der Waals surface area contributed by atoms with Gasteiger partial charge in [0.2, 0.25) is 5.28 Å².